The standard InChI is InChI=1S/C22H28F3N3O2S/c1-14(2)19-17(21(3,4)5)8-7-9-18(19)26-20(31)27-28(6)30-16-12-10-15(11-13-16)29-22(23,24)25/h7-14H,1-6H3,(H2,26,27,31). The van der Waals surface area contributed by atoms with E-state index in [1.54, 1.807) is 7.05 Å². The molecule has 0 aliphatic heterocycles. The zero-order valence-corrected chi connectivity index (χ0v) is 19.2. The van der Waals surface area contributed by atoms with Crippen molar-refractivity contribution in [1.82, 2.24) is 10.6 Å². The second kappa shape index (κ2) is 9.74. The average molecular weight is 456 g/mol. The molecule has 0 heterocycles. The molecule has 0 atom stereocenters. The Morgan fingerprint density at radius 1 is 1.00 bits per heavy atom. The number of nitrogens with one attached hydrogen (secondary N) is 2. The smallest absolute Gasteiger partial charge is 0.406 e. The van der Waals surface area contributed by atoms with Crippen molar-refractivity contribution in [3.63, 3.8) is 0 Å². The molecule has 0 radical (unpaired) electrons. The van der Waals surface area contributed by atoms with E-state index in [-0.39, 0.29) is 17.1 Å². The van der Waals surface area contributed by atoms with Crippen LogP contribution >= 0.6 is 12.2 Å². The summed E-state index contributed by atoms with van der Waals surface area (Å²) in [5.74, 6) is 0.268. The van der Waals surface area contributed by atoms with Gasteiger partial charge in [-0.05, 0) is 65.0 Å². The minimum absolute atomic E-state index is 0.0196. The van der Waals surface area contributed by atoms with Gasteiger partial charge in [0, 0.05) is 12.7 Å². The number of rotatable bonds is 6. The van der Waals surface area contributed by atoms with Crippen LogP contribution in [0.25, 0.3) is 0 Å². The Hall–Kier alpha value is -2.52. The molecule has 0 saturated heterocycles. The van der Waals surface area contributed by atoms with Crippen LogP contribution in [0.5, 0.6) is 11.5 Å². The highest BCUT2D eigenvalue weighted by atomic mass is 32.1. The minimum Gasteiger partial charge on any atom is -0.406 e. The number of hydrogen-bond donors (Lipinski definition) is 2. The first kappa shape index (κ1) is 24.7. The second-order valence-electron chi connectivity index (χ2n) is 8.35. The summed E-state index contributed by atoms with van der Waals surface area (Å²) in [6, 6.07) is 11.1. The van der Waals surface area contributed by atoms with Crippen LogP contribution in [0, 0.1) is 0 Å². The predicted octanol–water partition coefficient (Wildman–Crippen LogP) is 6.13. The van der Waals surface area contributed by atoms with E-state index < -0.39 is 6.36 Å². The van der Waals surface area contributed by atoms with Crippen molar-refractivity contribution in [3.05, 3.63) is 53.6 Å². The van der Waals surface area contributed by atoms with Gasteiger partial charge in [-0.1, -0.05) is 51.9 Å². The quantitative estimate of drug-likeness (QED) is 0.403. The van der Waals surface area contributed by atoms with Crippen molar-refractivity contribution in [3.8, 4) is 11.5 Å². The van der Waals surface area contributed by atoms with Gasteiger partial charge in [0.15, 0.2) is 5.11 Å². The van der Waals surface area contributed by atoms with E-state index in [0.717, 1.165) is 5.69 Å². The third-order valence-corrected chi connectivity index (χ3v) is 4.49. The minimum atomic E-state index is -4.74. The van der Waals surface area contributed by atoms with Gasteiger partial charge in [0.05, 0.1) is 0 Å². The summed E-state index contributed by atoms with van der Waals surface area (Å²) >= 11 is 5.40. The first-order valence-electron chi connectivity index (χ1n) is 9.75. The maximum absolute atomic E-state index is 12.2. The van der Waals surface area contributed by atoms with Crippen molar-refractivity contribution in [2.45, 2.75) is 52.3 Å². The Balaban J connectivity index is 2.03. The van der Waals surface area contributed by atoms with Crippen molar-refractivity contribution >= 4 is 23.0 Å². The summed E-state index contributed by atoms with van der Waals surface area (Å²) in [5.41, 5.74) is 6.18. The maximum Gasteiger partial charge on any atom is 0.573 e. The summed E-state index contributed by atoms with van der Waals surface area (Å²) in [5, 5.41) is 4.78. The highest BCUT2D eigenvalue weighted by Gasteiger charge is 2.31. The van der Waals surface area contributed by atoms with E-state index in [1.807, 2.05) is 12.1 Å². The largest absolute Gasteiger partial charge is 0.573 e. The second-order valence-corrected chi connectivity index (χ2v) is 8.75. The van der Waals surface area contributed by atoms with E-state index in [0.29, 0.717) is 10.9 Å². The monoisotopic (exact) mass is 455 g/mol. The molecule has 0 spiro atoms. The molecule has 2 aromatic rings. The van der Waals surface area contributed by atoms with Crippen molar-refractivity contribution < 1.29 is 22.7 Å². The molecule has 0 aliphatic carbocycles. The van der Waals surface area contributed by atoms with Crippen LogP contribution in [-0.4, -0.2) is 23.7 Å². The Labute approximate surface area is 186 Å². The lowest BCUT2D eigenvalue weighted by Gasteiger charge is -2.28. The summed E-state index contributed by atoms with van der Waals surface area (Å²) in [7, 11) is 1.59. The molecule has 0 bridgehead atoms. The van der Waals surface area contributed by atoms with Crippen molar-refractivity contribution in [1.29, 1.82) is 0 Å². The molecule has 2 N–H and O–H groups in total. The lowest BCUT2D eigenvalue weighted by Crippen LogP contribution is -2.43. The van der Waals surface area contributed by atoms with Gasteiger partial charge in [0.2, 0.25) is 0 Å². The van der Waals surface area contributed by atoms with E-state index >= 15 is 0 Å². The average Bonchev–Trinajstić information content (AvgIpc) is 2.60. The Bertz CT molecular complexity index is 894. The van der Waals surface area contributed by atoms with E-state index in [2.05, 4.69) is 56.2 Å². The zero-order chi connectivity index (χ0) is 23.4. The summed E-state index contributed by atoms with van der Waals surface area (Å²) < 4.78 is 40.6. The molecular formula is C22H28F3N3O2S. The fourth-order valence-corrected chi connectivity index (χ4v) is 3.37. The number of hydrogen-bond acceptors (Lipinski definition) is 4. The zero-order valence-electron chi connectivity index (χ0n) is 18.4. The van der Waals surface area contributed by atoms with Gasteiger partial charge in [-0.2, -0.15) is 0 Å². The molecule has 9 heteroatoms. The van der Waals surface area contributed by atoms with Crippen LogP contribution in [0.2, 0.25) is 0 Å². The summed E-state index contributed by atoms with van der Waals surface area (Å²) in [4.78, 5) is 5.52. The molecule has 0 unspecified atom stereocenters. The number of ether oxygens (including phenoxy) is 1. The molecule has 31 heavy (non-hydrogen) atoms. The highest BCUT2D eigenvalue weighted by molar-refractivity contribution is 7.80. The number of nitrogens with zero attached hydrogens (tertiary/aromatic N) is 1. The first-order chi connectivity index (χ1) is 14.3. The lowest BCUT2D eigenvalue weighted by molar-refractivity contribution is -0.274. The predicted molar refractivity (Wildman–Crippen MR) is 120 cm³/mol. The molecule has 0 saturated carbocycles. The van der Waals surface area contributed by atoms with Crippen LogP contribution < -0.4 is 20.3 Å². The van der Waals surface area contributed by atoms with Gasteiger partial charge in [0.1, 0.15) is 11.5 Å². The van der Waals surface area contributed by atoms with Crippen molar-refractivity contribution in [2.24, 2.45) is 0 Å². The summed E-state index contributed by atoms with van der Waals surface area (Å²) in [6.07, 6.45) is -4.74. The number of hydrazine groups is 1. The fourth-order valence-electron chi connectivity index (χ4n) is 3.13. The van der Waals surface area contributed by atoms with Gasteiger partial charge < -0.3 is 14.9 Å². The summed E-state index contributed by atoms with van der Waals surface area (Å²) in [6.45, 7) is 10.8. The van der Waals surface area contributed by atoms with E-state index in [4.69, 9.17) is 17.1 Å². The molecule has 0 aliphatic rings. The molecule has 0 fully saturated rings. The SMILES string of the molecule is CC(C)c1c(NC(=S)NN(C)Oc2ccc(OC(F)(F)F)cc2)cccc1C(C)(C)C. The highest BCUT2D eigenvalue weighted by Crippen LogP contribution is 2.35. The van der Waals surface area contributed by atoms with Crippen LogP contribution in [0.15, 0.2) is 42.5 Å². The van der Waals surface area contributed by atoms with Gasteiger partial charge in [-0.15, -0.1) is 13.2 Å². The number of anilines is 1. The molecule has 2 rings (SSSR count). The Kier molecular flexibility index (Phi) is 7.77. The van der Waals surface area contributed by atoms with E-state index in [9.17, 15) is 13.2 Å². The molecule has 0 amide bonds. The molecular weight excluding hydrogens is 427 g/mol. The van der Waals surface area contributed by atoms with Gasteiger partial charge in [0.25, 0.3) is 0 Å². The van der Waals surface area contributed by atoms with Crippen LogP contribution in [0.4, 0.5) is 18.9 Å². The molecule has 2 aromatic carbocycles. The molecule has 0 aromatic heterocycles. The molecule has 170 valence electrons. The third kappa shape index (κ3) is 7.59. The maximum atomic E-state index is 12.2. The first-order valence-corrected chi connectivity index (χ1v) is 10.2. The number of benzene rings is 2. The number of halogens is 3. The lowest BCUT2D eigenvalue weighted by atomic mass is 9.80. The normalized spacial score (nSPS) is 12.1. The number of alkyl halides is 3. The van der Waals surface area contributed by atoms with Gasteiger partial charge >= 0.3 is 6.36 Å². The Morgan fingerprint density at radius 3 is 2.10 bits per heavy atom. The van der Waals surface area contributed by atoms with Crippen LogP contribution in [-0.2, 0) is 5.41 Å². The third-order valence-electron chi connectivity index (χ3n) is 4.30. The fraction of sp³-hybridized carbons (Fsp3) is 0.409. The van der Waals surface area contributed by atoms with Crippen LogP contribution in [0.3, 0.4) is 0 Å². The van der Waals surface area contributed by atoms with Gasteiger partial charge in [-0.25, -0.2) is 0 Å². The van der Waals surface area contributed by atoms with Gasteiger partial charge in [-0.3, -0.25) is 5.43 Å². The van der Waals surface area contributed by atoms with E-state index in [1.165, 1.54) is 40.6 Å². The molecule has 5 nitrogen and oxygen atoms in total. The Morgan fingerprint density at radius 2 is 1.58 bits per heavy atom. The van der Waals surface area contributed by atoms with Crippen LogP contribution in [0.1, 0.15) is 51.7 Å². The topological polar surface area (TPSA) is 45.8 Å². The number of hydroxylamine groups is 1. The number of thiocarbonyl (C=S) groups is 1. The van der Waals surface area contributed by atoms with Crippen molar-refractivity contribution in [2.75, 3.05) is 12.4 Å².